The van der Waals surface area contributed by atoms with E-state index in [0.717, 1.165) is 25.7 Å². The highest BCUT2D eigenvalue weighted by Crippen LogP contribution is 2.31. The van der Waals surface area contributed by atoms with Gasteiger partial charge in [0.2, 0.25) is 0 Å². The highest BCUT2D eigenvalue weighted by atomic mass is 32.2. The predicted molar refractivity (Wildman–Crippen MR) is 83.7 cm³/mol. The number of thioether (sulfide) groups is 2. The predicted octanol–water partition coefficient (Wildman–Crippen LogP) is 3.59. The van der Waals surface area contributed by atoms with E-state index in [2.05, 4.69) is 13.8 Å². The molecule has 1 heterocycles. The Labute approximate surface area is 129 Å². The van der Waals surface area contributed by atoms with Crippen molar-refractivity contribution in [2.24, 2.45) is 0 Å². The zero-order valence-corrected chi connectivity index (χ0v) is 13.9. The van der Waals surface area contributed by atoms with Gasteiger partial charge in [0.15, 0.2) is 10.9 Å². The minimum absolute atomic E-state index is 0.102. The molecular weight excluding hydrogens is 296 g/mol. The van der Waals surface area contributed by atoms with Crippen LogP contribution in [0, 0.1) is 0 Å². The minimum atomic E-state index is -0.122. The molecule has 1 aliphatic rings. The minimum Gasteiger partial charge on any atom is -0.450 e. The van der Waals surface area contributed by atoms with Crippen LogP contribution in [0.1, 0.15) is 52.4 Å². The van der Waals surface area contributed by atoms with E-state index in [1.807, 2.05) is 0 Å². The van der Waals surface area contributed by atoms with Gasteiger partial charge in [-0.2, -0.15) is 0 Å². The Morgan fingerprint density at radius 3 is 1.60 bits per heavy atom. The van der Waals surface area contributed by atoms with Gasteiger partial charge in [0, 0.05) is 24.3 Å². The van der Waals surface area contributed by atoms with Gasteiger partial charge in [-0.3, -0.25) is 9.59 Å². The van der Waals surface area contributed by atoms with Crippen LogP contribution in [0.5, 0.6) is 0 Å². The van der Waals surface area contributed by atoms with Crippen molar-refractivity contribution in [2.75, 3.05) is 11.5 Å². The fourth-order valence-corrected chi connectivity index (χ4v) is 4.13. The maximum Gasteiger partial charge on any atom is 0.306 e. The van der Waals surface area contributed by atoms with Crippen molar-refractivity contribution < 1.29 is 19.1 Å². The number of esters is 2. The third kappa shape index (κ3) is 7.43. The molecule has 1 aliphatic heterocycles. The SMILES string of the molecule is CCCCC(=O)OC1CSC(OC(=O)CCCC)CS1. The van der Waals surface area contributed by atoms with Crippen molar-refractivity contribution in [3.05, 3.63) is 0 Å². The molecule has 0 N–H and O–H groups in total. The largest absolute Gasteiger partial charge is 0.450 e. The lowest BCUT2D eigenvalue weighted by atomic mass is 10.2. The molecule has 0 saturated carbocycles. The molecule has 4 nitrogen and oxygen atoms in total. The van der Waals surface area contributed by atoms with Crippen LogP contribution < -0.4 is 0 Å². The monoisotopic (exact) mass is 320 g/mol. The lowest BCUT2D eigenvalue weighted by Gasteiger charge is -2.27. The Morgan fingerprint density at radius 1 is 0.900 bits per heavy atom. The second kappa shape index (κ2) is 10.4. The third-order valence-corrected chi connectivity index (χ3v) is 5.51. The summed E-state index contributed by atoms with van der Waals surface area (Å²) in [5.74, 6) is 1.13. The van der Waals surface area contributed by atoms with Crippen LogP contribution >= 0.6 is 23.5 Å². The number of ether oxygens (including phenoxy) is 2. The second-order valence-corrected chi connectivity index (χ2v) is 7.10. The second-order valence-electron chi connectivity index (χ2n) is 4.71. The molecule has 20 heavy (non-hydrogen) atoms. The van der Waals surface area contributed by atoms with Crippen LogP contribution in [-0.4, -0.2) is 34.3 Å². The van der Waals surface area contributed by atoms with Crippen molar-refractivity contribution in [2.45, 2.75) is 63.2 Å². The summed E-state index contributed by atoms with van der Waals surface area (Å²) >= 11 is 3.12. The Balaban J connectivity index is 2.16. The quantitative estimate of drug-likeness (QED) is 0.637. The summed E-state index contributed by atoms with van der Waals surface area (Å²) < 4.78 is 10.7. The maximum atomic E-state index is 11.5. The van der Waals surface area contributed by atoms with Crippen molar-refractivity contribution in [1.82, 2.24) is 0 Å². The molecule has 0 bridgehead atoms. The van der Waals surface area contributed by atoms with Crippen molar-refractivity contribution in [1.29, 1.82) is 0 Å². The van der Waals surface area contributed by atoms with Crippen LogP contribution in [0.2, 0.25) is 0 Å². The highest BCUT2D eigenvalue weighted by molar-refractivity contribution is 8.06. The van der Waals surface area contributed by atoms with Gasteiger partial charge in [-0.25, -0.2) is 0 Å². The summed E-state index contributed by atoms with van der Waals surface area (Å²) in [7, 11) is 0. The first kappa shape index (κ1) is 17.7. The molecule has 1 fully saturated rings. The molecule has 0 aliphatic carbocycles. The van der Waals surface area contributed by atoms with E-state index in [1.54, 1.807) is 23.5 Å². The summed E-state index contributed by atoms with van der Waals surface area (Å²) in [6, 6.07) is 0. The Morgan fingerprint density at radius 2 is 1.30 bits per heavy atom. The molecule has 1 rings (SSSR count). The molecule has 0 aromatic rings. The first-order chi connectivity index (χ1) is 9.65. The number of hydrogen-bond acceptors (Lipinski definition) is 6. The molecule has 0 spiro atoms. The van der Waals surface area contributed by atoms with Gasteiger partial charge in [-0.15, -0.1) is 23.5 Å². The Hall–Kier alpha value is -0.360. The van der Waals surface area contributed by atoms with E-state index in [0.29, 0.717) is 24.3 Å². The number of rotatable bonds is 8. The topological polar surface area (TPSA) is 52.6 Å². The van der Waals surface area contributed by atoms with Crippen LogP contribution in [-0.2, 0) is 19.1 Å². The standard InChI is InChI=1S/C14H24O4S2/c1-3-5-7-11(15)17-13-9-20-14(10-19-13)18-12(16)8-6-4-2/h13-14H,3-10H2,1-2H3. The first-order valence-corrected chi connectivity index (χ1v) is 9.37. The molecule has 0 aromatic heterocycles. The van der Waals surface area contributed by atoms with E-state index in [9.17, 15) is 9.59 Å². The van der Waals surface area contributed by atoms with E-state index in [-0.39, 0.29) is 22.8 Å². The van der Waals surface area contributed by atoms with E-state index < -0.39 is 0 Å². The van der Waals surface area contributed by atoms with Gasteiger partial charge >= 0.3 is 11.9 Å². The molecule has 2 atom stereocenters. The smallest absolute Gasteiger partial charge is 0.306 e. The van der Waals surface area contributed by atoms with Gasteiger partial charge in [0.25, 0.3) is 0 Å². The van der Waals surface area contributed by atoms with Crippen LogP contribution in [0.4, 0.5) is 0 Å². The van der Waals surface area contributed by atoms with Crippen LogP contribution in [0.3, 0.4) is 0 Å². The zero-order valence-electron chi connectivity index (χ0n) is 12.3. The number of carbonyl (C=O) groups excluding carboxylic acids is 2. The van der Waals surface area contributed by atoms with E-state index >= 15 is 0 Å². The Kier molecular flexibility index (Phi) is 9.18. The summed E-state index contributed by atoms with van der Waals surface area (Å²) in [5.41, 5.74) is -0.204. The fraction of sp³-hybridized carbons (Fsp3) is 0.857. The first-order valence-electron chi connectivity index (χ1n) is 7.27. The van der Waals surface area contributed by atoms with Crippen molar-refractivity contribution in [3.63, 3.8) is 0 Å². The fourth-order valence-electron chi connectivity index (χ4n) is 1.66. The molecule has 0 radical (unpaired) electrons. The normalized spacial score (nSPS) is 22.3. The number of hydrogen-bond donors (Lipinski definition) is 0. The molecule has 0 amide bonds. The van der Waals surface area contributed by atoms with Gasteiger partial charge in [-0.1, -0.05) is 26.7 Å². The summed E-state index contributed by atoms with van der Waals surface area (Å²) in [5, 5.41) is 0. The molecule has 6 heteroatoms. The highest BCUT2D eigenvalue weighted by Gasteiger charge is 2.27. The molecule has 0 aromatic carbocycles. The van der Waals surface area contributed by atoms with Crippen LogP contribution in [0.15, 0.2) is 0 Å². The van der Waals surface area contributed by atoms with Gasteiger partial charge in [-0.05, 0) is 12.8 Å². The molecule has 2 unspecified atom stereocenters. The van der Waals surface area contributed by atoms with Crippen molar-refractivity contribution in [3.8, 4) is 0 Å². The van der Waals surface area contributed by atoms with Crippen molar-refractivity contribution >= 4 is 35.5 Å². The third-order valence-electron chi connectivity index (χ3n) is 2.83. The van der Waals surface area contributed by atoms with E-state index in [4.69, 9.17) is 9.47 Å². The number of carbonyl (C=O) groups is 2. The maximum absolute atomic E-state index is 11.5. The average Bonchev–Trinajstić information content (AvgIpc) is 2.45. The van der Waals surface area contributed by atoms with Gasteiger partial charge in [0.05, 0.1) is 0 Å². The summed E-state index contributed by atoms with van der Waals surface area (Å²) in [6.07, 6.45) is 4.73. The molecular formula is C14H24O4S2. The lowest BCUT2D eigenvalue weighted by Crippen LogP contribution is -2.28. The zero-order chi connectivity index (χ0) is 14.8. The lowest BCUT2D eigenvalue weighted by molar-refractivity contribution is -0.146. The van der Waals surface area contributed by atoms with Crippen LogP contribution in [0.25, 0.3) is 0 Å². The number of unbranched alkanes of at least 4 members (excludes halogenated alkanes) is 2. The summed E-state index contributed by atoms with van der Waals surface area (Å²) in [6.45, 7) is 4.10. The molecule has 116 valence electrons. The summed E-state index contributed by atoms with van der Waals surface area (Å²) in [4.78, 5) is 23.0. The van der Waals surface area contributed by atoms with Gasteiger partial charge in [0.1, 0.15) is 0 Å². The molecule has 1 saturated heterocycles. The van der Waals surface area contributed by atoms with E-state index in [1.165, 1.54) is 0 Å². The average molecular weight is 320 g/mol. The Bertz CT molecular complexity index is 272. The van der Waals surface area contributed by atoms with Gasteiger partial charge < -0.3 is 9.47 Å².